The molecule has 1 fully saturated rings. The molecule has 7 nitrogen and oxygen atoms in total. The van der Waals surface area contributed by atoms with Gasteiger partial charge in [-0.05, 0) is 25.1 Å². The van der Waals surface area contributed by atoms with Gasteiger partial charge < -0.3 is 18.8 Å². The zero-order chi connectivity index (χ0) is 26.5. The van der Waals surface area contributed by atoms with Crippen molar-refractivity contribution in [1.29, 1.82) is 0 Å². The lowest BCUT2D eigenvalue weighted by molar-refractivity contribution is -0.143. The van der Waals surface area contributed by atoms with E-state index < -0.39 is 0 Å². The standard InChI is InChI=1S/C31H32N2O5.2ClH/c1-22-29(35)25-12-8-11-24(31(25)38-30(22)23-9-4-3-5-10-23)21-28(34)37-20-19-32-15-17-33(18-16-32)26-13-6-7-14-27(26)36-2;;/h3-14H,15-21H2,1-2H3;2*1H. The van der Waals surface area contributed by atoms with E-state index in [9.17, 15) is 9.59 Å². The molecular formula is C31H34Cl2N2O5. The molecule has 9 heteroatoms. The fraction of sp³-hybridized carbons (Fsp3) is 0.290. The number of benzene rings is 3. The van der Waals surface area contributed by atoms with Gasteiger partial charge in [-0.2, -0.15) is 0 Å². The number of anilines is 1. The number of hydrogen-bond donors (Lipinski definition) is 0. The van der Waals surface area contributed by atoms with Crippen molar-refractivity contribution < 1.29 is 18.7 Å². The second-order valence-corrected chi connectivity index (χ2v) is 9.44. The van der Waals surface area contributed by atoms with Crippen molar-refractivity contribution in [3.05, 3.63) is 94.1 Å². The summed E-state index contributed by atoms with van der Waals surface area (Å²) in [4.78, 5) is 30.4. The number of esters is 1. The van der Waals surface area contributed by atoms with E-state index in [0.717, 1.165) is 43.2 Å². The number of piperazine rings is 1. The fourth-order valence-corrected chi connectivity index (χ4v) is 4.97. The monoisotopic (exact) mass is 584 g/mol. The number of para-hydroxylation sites is 3. The van der Waals surface area contributed by atoms with Crippen LogP contribution in [-0.2, 0) is 16.0 Å². The molecule has 40 heavy (non-hydrogen) atoms. The summed E-state index contributed by atoms with van der Waals surface area (Å²) in [5.41, 5.74) is 3.47. The van der Waals surface area contributed by atoms with Gasteiger partial charge >= 0.3 is 5.97 Å². The Morgan fingerprint density at radius 1 is 0.900 bits per heavy atom. The third-order valence-corrected chi connectivity index (χ3v) is 7.07. The number of hydrogen-bond acceptors (Lipinski definition) is 7. The van der Waals surface area contributed by atoms with Crippen molar-refractivity contribution in [3.63, 3.8) is 0 Å². The van der Waals surface area contributed by atoms with Crippen molar-refractivity contribution in [2.24, 2.45) is 0 Å². The summed E-state index contributed by atoms with van der Waals surface area (Å²) in [6.45, 7) is 6.28. The number of rotatable bonds is 8. The SMILES string of the molecule is COc1ccccc1N1CCN(CCOC(=O)Cc2cccc3c(=O)c(C)c(-c4ccccc4)oc23)CC1.Cl.Cl. The van der Waals surface area contributed by atoms with Crippen LogP contribution in [0.2, 0.25) is 0 Å². The van der Waals surface area contributed by atoms with Crippen molar-refractivity contribution >= 4 is 47.4 Å². The van der Waals surface area contributed by atoms with Gasteiger partial charge in [-0.15, -0.1) is 24.8 Å². The van der Waals surface area contributed by atoms with E-state index in [-0.39, 0.29) is 42.6 Å². The molecule has 0 N–H and O–H groups in total. The molecule has 1 aromatic heterocycles. The summed E-state index contributed by atoms with van der Waals surface area (Å²) < 4.78 is 17.3. The number of nitrogens with zero attached hydrogens (tertiary/aromatic N) is 2. The fourth-order valence-electron chi connectivity index (χ4n) is 4.97. The molecule has 1 saturated heterocycles. The van der Waals surface area contributed by atoms with Gasteiger partial charge in [0.1, 0.15) is 23.7 Å². The van der Waals surface area contributed by atoms with Crippen LogP contribution in [0, 0.1) is 6.92 Å². The number of carbonyl (C=O) groups excluding carboxylic acids is 1. The lowest BCUT2D eigenvalue weighted by atomic mass is 10.0. The molecule has 0 bridgehead atoms. The first-order chi connectivity index (χ1) is 18.5. The van der Waals surface area contributed by atoms with Gasteiger partial charge in [-0.1, -0.05) is 54.6 Å². The molecule has 0 saturated carbocycles. The molecule has 0 spiro atoms. The average molecular weight is 586 g/mol. The predicted octanol–water partition coefficient (Wildman–Crippen LogP) is 5.53. The van der Waals surface area contributed by atoms with Crippen LogP contribution in [0.25, 0.3) is 22.3 Å². The molecule has 0 unspecified atom stereocenters. The summed E-state index contributed by atoms with van der Waals surface area (Å²) in [5, 5.41) is 0.473. The van der Waals surface area contributed by atoms with Crippen molar-refractivity contribution in [2.45, 2.75) is 13.3 Å². The van der Waals surface area contributed by atoms with Crippen molar-refractivity contribution in [2.75, 3.05) is 51.3 Å². The van der Waals surface area contributed by atoms with E-state index in [4.69, 9.17) is 13.9 Å². The molecule has 212 valence electrons. The highest BCUT2D eigenvalue weighted by Crippen LogP contribution is 2.29. The molecule has 5 rings (SSSR count). The van der Waals surface area contributed by atoms with Crippen LogP contribution >= 0.6 is 24.8 Å². The molecule has 0 atom stereocenters. The lowest BCUT2D eigenvalue weighted by Crippen LogP contribution is -2.47. The van der Waals surface area contributed by atoms with Gasteiger partial charge in [0.05, 0.1) is 24.6 Å². The molecule has 4 aromatic rings. The normalized spacial score (nSPS) is 13.3. The third-order valence-electron chi connectivity index (χ3n) is 7.07. The molecule has 3 aromatic carbocycles. The van der Waals surface area contributed by atoms with Gasteiger partial charge in [-0.3, -0.25) is 14.5 Å². The van der Waals surface area contributed by atoms with Crippen LogP contribution in [0.4, 0.5) is 5.69 Å². The Morgan fingerprint density at radius 3 is 2.33 bits per heavy atom. The Hall–Kier alpha value is -3.52. The van der Waals surface area contributed by atoms with Crippen LogP contribution < -0.4 is 15.1 Å². The molecule has 1 aliphatic rings. The highest BCUT2D eigenvalue weighted by Gasteiger charge is 2.20. The summed E-state index contributed by atoms with van der Waals surface area (Å²) in [6, 6.07) is 22.9. The highest BCUT2D eigenvalue weighted by molar-refractivity contribution is 5.86. The smallest absolute Gasteiger partial charge is 0.310 e. The maximum atomic E-state index is 13.1. The van der Waals surface area contributed by atoms with Crippen LogP contribution in [0.15, 0.2) is 82.0 Å². The summed E-state index contributed by atoms with van der Waals surface area (Å²) >= 11 is 0. The van der Waals surface area contributed by atoms with Gasteiger partial charge in [0.15, 0.2) is 5.43 Å². The summed E-state index contributed by atoms with van der Waals surface area (Å²) in [6.07, 6.45) is 0.0408. The molecular weight excluding hydrogens is 551 g/mol. The van der Waals surface area contributed by atoms with Gasteiger partial charge in [0, 0.05) is 49.4 Å². The Labute approximate surface area is 246 Å². The summed E-state index contributed by atoms with van der Waals surface area (Å²) in [7, 11) is 1.69. The minimum Gasteiger partial charge on any atom is -0.495 e. The maximum Gasteiger partial charge on any atom is 0.310 e. The molecule has 1 aliphatic heterocycles. The summed E-state index contributed by atoms with van der Waals surface area (Å²) in [5.74, 6) is 1.07. The molecule has 0 aliphatic carbocycles. The first kappa shape index (κ1) is 31.0. The zero-order valence-electron chi connectivity index (χ0n) is 22.6. The lowest BCUT2D eigenvalue weighted by Gasteiger charge is -2.36. The van der Waals surface area contributed by atoms with E-state index in [1.165, 1.54) is 0 Å². The van der Waals surface area contributed by atoms with E-state index in [2.05, 4.69) is 15.9 Å². The number of fused-ring (bicyclic) bond motifs is 1. The Morgan fingerprint density at radius 2 is 1.60 bits per heavy atom. The van der Waals surface area contributed by atoms with E-state index >= 15 is 0 Å². The second-order valence-electron chi connectivity index (χ2n) is 9.44. The van der Waals surface area contributed by atoms with Crippen LogP contribution in [0.5, 0.6) is 5.75 Å². The molecule has 0 amide bonds. The van der Waals surface area contributed by atoms with Crippen molar-refractivity contribution in [3.8, 4) is 17.1 Å². The first-order valence-electron chi connectivity index (χ1n) is 12.9. The topological polar surface area (TPSA) is 72.2 Å². The first-order valence-corrected chi connectivity index (χ1v) is 12.9. The largest absolute Gasteiger partial charge is 0.495 e. The van der Waals surface area contributed by atoms with E-state index in [1.807, 2.05) is 54.6 Å². The minimum absolute atomic E-state index is 0. The number of methoxy groups -OCH3 is 1. The van der Waals surface area contributed by atoms with Gasteiger partial charge in [-0.25, -0.2) is 0 Å². The Balaban J connectivity index is 0.00000220. The van der Waals surface area contributed by atoms with E-state index in [0.29, 0.717) is 41.0 Å². The Kier molecular flexibility index (Phi) is 11.0. The quantitative estimate of drug-likeness (QED) is 0.252. The third kappa shape index (κ3) is 6.78. The molecule has 2 heterocycles. The van der Waals surface area contributed by atoms with Crippen LogP contribution in [0.3, 0.4) is 0 Å². The minimum atomic E-state index is -0.338. The number of halogens is 2. The maximum absolute atomic E-state index is 13.1. The number of ether oxygens (including phenoxy) is 2. The van der Waals surface area contributed by atoms with Crippen LogP contribution in [0.1, 0.15) is 11.1 Å². The van der Waals surface area contributed by atoms with Crippen molar-refractivity contribution in [1.82, 2.24) is 4.90 Å². The van der Waals surface area contributed by atoms with Crippen LogP contribution in [-0.4, -0.2) is 57.3 Å². The second kappa shape index (κ2) is 14.2. The van der Waals surface area contributed by atoms with E-state index in [1.54, 1.807) is 26.2 Å². The predicted molar refractivity (Wildman–Crippen MR) is 163 cm³/mol. The van der Waals surface area contributed by atoms with Gasteiger partial charge in [0.2, 0.25) is 0 Å². The van der Waals surface area contributed by atoms with Gasteiger partial charge in [0.25, 0.3) is 0 Å². The zero-order valence-corrected chi connectivity index (χ0v) is 24.3. The number of carbonyl (C=O) groups is 1. The average Bonchev–Trinajstić information content (AvgIpc) is 2.96. The Bertz CT molecular complexity index is 1480. The molecule has 0 radical (unpaired) electrons. The highest BCUT2D eigenvalue weighted by atomic mass is 35.5.